The van der Waals surface area contributed by atoms with Gasteiger partial charge in [-0.15, -0.1) is 0 Å². The summed E-state index contributed by atoms with van der Waals surface area (Å²) in [5.74, 6) is 0.147. The quantitative estimate of drug-likeness (QED) is 0.629. The molecule has 2 heterocycles. The van der Waals surface area contributed by atoms with Crippen molar-refractivity contribution < 1.29 is 19.1 Å². The van der Waals surface area contributed by atoms with Gasteiger partial charge in [0.05, 0.1) is 36.5 Å². The smallest absolute Gasteiger partial charge is 0.250 e. The van der Waals surface area contributed by atoms with Gasteiger partial charge in [0.15, 0.2) is 0 Å². The molecule has 0 radical (unpaired) electrons. The molecular formula is C24H28ClN3O4. The zero-order valence-corrected chi connectivity index (χ0v) is 19.6. The summed E-state index contributed by atoms with van der Waals surface area (Å²) in [7, 11) is 3.10. The van der Waals surface area contributed by atoms with Gasteiger partial charge < -0.3 is 20.1 Å². The lowest BCUT2D eigenvalue weighted by molar-refractivity contribution is -0.130. The van der Waals surface area contributed by atoms with Crippen molar-refractivity contribution in [2.45, 2.75) is 38.8 Å². The van der Waals surface area contributed by atoms with Crippen LogP contribution in [-0.2, 0) is 15.1 Å². The number of hydrogen-bond donors (Lipinski definition) is 3. The minimum absolute atomic E-state index is 0.0195. The number of carbonyl (C=O) groups is 2. The molecule has 2 aromatic carbocycles. The summed E-state index contributed by atoms with van der Waals surface area (Å²) in [6, 6.07) is 8.91. The van der Waals surface area contributed by atoms with Gasteiger partial charge >= 0.3 is 0 Å². The van der Waals surface area contributed by atoms with Crippen LogP contribution in [0.1, 0.15) is 31.4 Å². The van der Waals surface area contributed by atoms with E-state index in [2.05, 4.69) is 29.8 Å². The Balaban J connectivity index is 1.78. The Bertz CT molecular complexity index is 1090. The zero-order chi connectivity index (χ0) is 23.2. The van der Waals surface area contributed by atoms with Crippen LogP contribution >= 0.6 is 11.6 Å². The highest BCUT2D eigenvalue weighted by Gasteiger charge is 2.60. The van der Waals surface area contributed by atoms with E-state index in [0.717, 1.165) is 5.56 Å². The summed E-state index contributed by atoms with van der Waals surface area (Å²) in [4.78, 5) is 27.1. The van der Waals surface area contributed by atoms with Crippen molar-refractivity contribution in [1.29, 1.82) is 0 Å². The van der Waals surface area contributed by atoms with Crippen molar-refractivity contribution in [1.82, 2.24) is 5.32 Å². The molecule has 3 atom stereocenters. The number of methoxy groups -OCH3 is 2. The SMILES string of the molecule is COc1ccc(OC)c(NC(=O)[C@@H]2C[C@@H](C(C)C)N[C@]23C(=O)Nc2c(Cl)cc(C)cc23)c1. The molecule has 0 aliphatic carbocycles. The maximum Gasteiger partial charge on any atom is 0.250 e. The molecule has 1 saturated heterocycles. The average Bonchev–Trinajstić information content (AvgIpc) is 3.29. The van der Waals surface area contributed by atoms with E-state index < -0.39 is 11.5 Å². The number of carbonyl (C=O) groups excluding carboxylic acids is 2. The number of fused-ring (bicyclic) bond motifs is 2. The molecule has 32 heavy (non-hydrogen) atoms. The van der Waals surface area contributed by atoms with Crippen molar-refractivity contribution >= 4 is 34.8 Å². The van der Waals surface area contributed by atoms with Crippen LogP contribution in [0.25, 0.3) is 0 Å². The van der Waals surface area contributed by atoms with Gasteiger partial charge in [-0.3, -0.25) is 14.9 Å². The van der Waals surface area contributed by atoms with Gasteiger partial charge in [-0.2, -0.15) is 0 Å². The average molecular weight is 458 g/mol. The molecule has 0 saturated carbocycles. The Morgan fingerprint density at radius 2 is 1.97 bits per heavy atom. The van der Waals surface area contributed by atoms with E-state index in [9.17, 15) is 9.59 Å². The molecule has 0 bridgehead atoms. The standard InChI is InChI=1S/C24H28ClN3O4/c1-12(2)18-11-16(22(29)26-19-10-14(31-4)6-7-20(19)32-5)24(28-18)15-8-13(3)9-17(25)21(15)27-23(24)30/h6-10,12,16,18,28H,11H2,1-5H3,(H,26,29)(H,27,30)/t16-,18-,24-/m0/s1. The normalized spacial score (nSPS) is 23.9. The molecule has 0 unspecified atom stereocenters. The molecule has 2 aromatic rings. The highest BCUT2D eigenvalue weighted by atomic mass is 35.5. The molecule has 1 fully saturated rings. The monoisotopic (exact) mass is 457 g/mol. The number of hydrogen-bond acceptors (Lipinski definition) is 5. The topological polar surface area (TPSA) is 88.7 Å². The molecule has 3 N–H and O–H groups in total. The van der Waals surface area contributed by atoms with Crippen molar-refractivity contribution in [3.63, 3.8) is 0 Å². The fraction of sp³-hybridized carbons (Fsp3) is 0.417. The van der Waals surface area contributed by atoms with E-state index in [4.69, 9.17) is 21.1 Å². The third-order valence-electron chi connectivity index (χ3n) is 6.47. The third-order valence-corrected chi connectivity index (χ3v) is 6.77. The summed E-state index contributed by atoms with van der Waals surface area (Å²) < 4.78 is 10.7. The maximum absolute atomic E-state index is 13.7. The van der Waals surface area contributed by atoms with E-state index in [-0.39, 0.29) is 23.8 Å². The van der Waals surface area contributed by atoms with Crippen LogP contribution in [0.15, 0.2) is 30.3 Å². The Morgan fingerprint density at radius 3 is 2.62 bits per heavy atom. The molecule has 7 nitrogen and oxygen atoms in total. The Labute approximate surface area is 192 Å². The van der Waals surface area contributed by atoms with Gasteiger partial charge in [0.1, 0.15) is 17.0 Å². The molecule has 0 aromatic heterocycles. The van der Waals surface area contributed by atoms with Crippen molar-refractivity contribution in [2.75, 3.05) is 24.9 Å². The van der Waals surface area contributed by atoms with Crippen molar-refractivity contribution in [3.05, 3.63) is 46.5 Å². The maximum atomic E-state index is 13.7. The number of ether oxygens (including phenoxy) is 2. The highest BCUT2D eigenvalue weighted by Crippen LogP contribution is 2.50. The van der Waals surface area contributed by atoms with Crippen LogP contribution in [0.3, 0.4) is 0 Å². The van der Waals surface area contributed by atoms with Crippen LogP contribution in [0.5, 0.6) is 11.5 Å². The summed E-state index contributed by atoms with van der Waals surface area (Å²) in [5.41, 5.74) is 1.49. The molecule has 170 valence electrons. The lowest BCUT2D eigenvalue weighted by atomic mass is 9.79. The van der Waals surface area contributed by atoms with Gasteiger partial charge in [-0.05, 0) is 43.0 Å². The van der Waals surface area contributed by atoms with Gasteiger partial charge in [0.2, 0.25) is 11.8 Å². The van der Waals surface area contributed by atoms with Crippen LogP contribution in [-0.4, -0.2) is 32.1 Å². The number of halogens is 1. The van der Waals surface area contributed by atoms with E-state index >= 15 is 0 Å². The fourth-order valence-corrected chi connectivity index (χ4v) is 5.08. The van der Waals surface area contributed by atoms with Crippen molar-refractivity contribution in [3.8, 4) is 11.5 Å². The Kier molecular flexibility index (Phi) is 5.81. The van der Waals surface area contributed by atoms with E-state index in [1.807, 2.05) is 19.1 Å². The van der Waals surface area contributed by atoms with Crippen LogP contribution in [0.4, 0.5) is 11.4 Å². The van der Waals surface area contributed by atoms with Crippen LogP contribution < -0.4 is 25.4 Å². The molecular weight excluding hydrogens is 430 g/mol. The number of rotatable bonds is 5. The first-order valence-corrected chi connectivity index (χ1v) is 11.0. The largest absolute Gasteiger partial charge is 0.497 e. The first-order valence-electron chi connectivity index (χ1n) is 10.6. The fourth-order valence-electron chi connectivity index (χ4n) is 4.76. The Hall–Kier alpha value is -2.77. The molecule has 2 aliphatic heterocycles. The Morgan fingerprint density at radius 1 is 1.22 bits per heavy atom. The lowest BCUT2D eigenvalue weighted by Crippen LogP contribution is -2.52. The number of nitrogens with one attached hydrogen (secondary N) is 3. The zero-order valence-electron chi connectivity index (χ0n) is 18.8. The molecule has 1 spiro atoms. The summed E-state index contributed by atoms with van der Waals surface area (Å²) in [5, 5.41) is 9.86. The molecule has 2 amide bonds. The summed E-state index contributed by atoms with van der Waals surface area (Å²) in [6.07, 6.45) is 0.508. The van der Waals surface area contributed by atoms with Crippen LogP contribution in [0.2, 0.25) is 5.02 Å². The second-order valence-electron chi connectivity index (χ2n) is 8.77. The predicted octanol–water partition coefficient (Wildman–Crippen LogP) is 4.09. The number of anilines is 2. The summed E-state index contributed by atoms with van der Waals surface area (Å²) in [6.45, 7) is 6.08. The van der Waals surface area contributed by atoms with Gasteiger partial charge in [0, 0.05) is 17.7 Å². The van der Waals surface area contributed by atoms with E-state index in [1.54, 1.807) is 25.3 Å². The molecule has 4 rings (SSSR count). The highest BCUT2D eigenvalue weighted by molar-refractivity contribution is 6.35. The number of amides is 2. The minimum Gasteiger partial charge on any atom is -0.497 e. The molecule has 8 heteroatoms. The first kappa shape index (κ1) is 22.4. The first-order chi connectivity index (χ1) is 15.2. The lowest BCUT2D eigenvalue weighted by Gasteiger charge is -2.30. The van der Waals surface area contributed by atoms with Crippen molar-refractivity contribution in [2.24, 2.45) is 11.8 Å². The van der Waals surface area contributed by atoms with Gasteiger partial charge in [0.25, 0.3) is 0 Å². The second-order valence-corrected chi connectivity index (χ2v) is 9.18. The number of benzene rings is 2. The van der Waals surface area contributed by atoms with Crippen LogP contribution in [0, 0.1) is 18.8 Å². The van der Waals surface area contributed by atoms with E-state index in [0.29, 0.717) is 39.9 Å². The third kappa shape index (κ3) is 3.49. The van der Waals surface area contributed by atoms with E-state index in [1.165, 1.54) is 7.11 Å². The van der Waals surface area contributed by atoms with Gasteiger partial charge in [-0.25, -0.2) is 0 Å². The predicted molar refractivity (Wildman–Crippen MR) is 125 cm³/mol. The molecule has 2 aliphatic rings. The summed E-state index contributed by atoms with van der Waals surface area (Å²) >= 11 is 6.46. The van der Waals surface area contributed by atoms with Gasteiger partial charge in [-0.1, -0.05) is 31.5 Å². The minimum atomic E-state index is -1.20. The number of aryl methyl sites for hydroxylation is 1. The second kappa shape index (κ2) is 8.30.